The molecule has 178 valence electrons. The molecule has 0 unspecified atom stereocenters. The zero-order valence-electron chi connectivity index (χ0n) is 19.1. The van der Waals surface area contributed by atoms with Crippen molar-refractivity contribution in [2.24, 2.45) is 0 Å². The fraction of sp³-hybridized carbons (Fsp3) is 0.148. The van der Waals surface area contributed by atoms with Crippen molar-refractivity contribution in [3.63, 3.8) is 0 Å². The number of nitrogens with zero attached hydrogens (tertiary/aromatic N) is 2. The molecule has 3 aromatic carbocycles. The highest BCUT2D eigenvalue weighted by Gasteiger charge is 2.23. The van der Waals surface area contributed by atoms with Gasteiger partial charge in [0.25, 0.3) is 0 Å². The fourth-order valence-corrected chi connectivity index (χ4v) is 4.80. The van der Waals surface area contributed by atoms with E-state index in [1.165, 1.54) is 0 Å². The minimum absolute atomic E-state index is 0.0340. The molecular weight excluding hydrogens is 487 g/mol. The number of aromatic hydroxyl groups is 1. The Balaban J connectivity index is 1.64. The number of hydrogen-bond donors (Lipinski definition) is 1. The van der Waals surface area contributed by atoms with Gasteiger partial charge in [0, 0.05) is 27.8 Å². The molecule has 5 aromatic rings. The van der Waals surface area contributed by atoms with Crippen molar-refractivity contribution in [3.8, 4) is 23.1 Å². The van der Waals surface area contributed by atoms with E-state index in [1.54, 1.807) is 31.0 Å². The normalized spacial score (nSPS) is 11.2. The van der Waals surface area contributed by atoms with Gasteiger partial charge in [-0.3, -0.25) is 4.98 Å². The summed E-state index contributed by atoms with van der Waals surface area (Å²) in [5.41, 5.74) is 2.40. The predicted octanol–water partition coefficient (Wildman–Crippen LogP) is 6.85. The third-order valence-electron chi connectivity index (χ3n) is 5.81. The molecule has 0 bridgehead atoms. The van der Waals surface area contributed by atoms with E-state index >= 15 is 0 Å². The van der Waals surface area contributed by atoms with Gasteiger partial charge in [-0.15, -0.1) is 0 Å². The molecule has 8 heteroatoms. The van der Waals surface area contributed by atoms with Crippen LogP contribution < -0.4 is 14.2 Å². The molecule has 2 heterocycles. The molecule has 0 spiro atoms. The average molecular weight is 509 g/mol. The number of halogens is 2. The van der Waals surface area contributed by atoms with Crippen molar-refractivity contribution < 1.29 is 19.3 Å². The maximum Gasteiger partial charge on any atom is 0.203 e. The van der Waals surface area contributed by atoms with Crippen LogP contribution in [0, 0.1) is 0 Å². The van der Waals surface area contributed by atoms with E-state index in [2.05, 4.69) is 4.98 Å². The molecule has 0 aliphatic rings. The fourth-order valence-electron chi connectivity index (χ4n) is 4.23. The zero-order valence-corrected chi connectivity index (χ0v) is 20.6. The first kappa shape index (κ1) is 23.1. The van der Waals surface area contributed by atoms with Crippen LogP contribution in [0.25, 0.3) is 21.7 Å². The van der Waals surface area contributed by atoms with Crippen LogP contribution in [0.4, 0.5) is 0 Å². The maximum absolute atomic E-state index is 11.3. The summed E-state index contributed by atoms with van der Waals surface area (Å²) in [4.78, 5) is 4.56. The monoisotopic (exact) mass is 508 g/mol. The van der Waals surface area contributed by atoms with Crippen molar-refractivity contribution in [1.29, 1.82) is 0 Å². The average Bonchev–Trinajstić information content (AvgIpc) is 3.17. The van der Waals surface area contributed by atoms with E-state index in [9.17, 15) is 5.11 Å². The minimum atomic E-state index is 0.0340. The molecule has 0 aliphatic carbocycles. The lowest BCUT2D eigenvalue weighted by atomic mass is 10.1. The van der Waals surface area contributed by atoms with Gasteiger partial charge in [0.05, 0.1) is 31.5 Å². The van der Waals surface area contributed by atoms with Crippen LogP contribution in [0.5, 0.6) is 23.1 Å². The van der Waals surface area contributed by atoms with Gasteiger partial charge in [-0.25, -0.2) is 0 Å². The Labute approximate surface area is 212 Å². The molecular formula is C27H22Cl2N2O4. The number of hydrogen-bond acceptors (Lipinski definition) is 5. The van der Waals surface area contributed by atoms with Crippen LogP contribution in [0.2, 0.25) is 10.0 Å². The lowest BCUT2D eigenvalue weighted by Gasteiger charge is -2.14. The third-order valence-corrected chi connectivity index (χ3v) is 6.25. The van der Waals surface area contributed by atoms with Crippen LogP contribution in [-0.2, 0) is 13.2 Å². The largest absolute Gasteiger partial charge is 0.497 e. The van der Waals surface area contributed by atoms with Crippen molar-refractivity contribution in [1.82, 2.24) is 9.55 Å². The molecule has 35 heavy (non-hydrogen) atoms. The second kappa shape index (κ2) is 9.56. The second-order valence-electron chi connectivity index (χ2n) is 8.05. The molecule has 2 aromatic heterocycles. The van der Waals surface area contributed by atoms with Gasteiger partial charge < -0.3 is 23.9 Å². The van der Waals surface area contributed by atoms with Gasteiger partial charge in [0.1, 0.15) is 23.6 Å². The summed E-state index contributed by atoms with van der Waals surface area (Å²) < 4.78 is 19.0. The number of fused-ring (bicyclic) bond motifs is 2. The van der Waals surface area contributed by atoms with E-state index in [1.807, 2.05) is 54.7 Å². The van der Waals surface area contributed by atoms with E-state index < -0.39 is 0 Å². The van der Waals surface area contributed by atoms with Crippen LogP contribution in [0.1, 0.15) is 11.1 Å². The van der Waals surface area contributed by atoms with Crippen molar-refractivity contribution in [3.05, 3.63) is 88.2 Å². The molecule has 5 rings (SSSR count). The van der Waals surface area contributed by atoms with Gasteiger partial charge in [-0.1, -0.05) is 35.3 Å². The Morgan fingerprint density at radius 3 is 2.31 bits per heavy atom. The van der Waals surface area contributed by atoms with Gasteiger partial charge in [-0.05, 0) is 53.6 Å². The van der Waals surface area contributed by atoms with Gasteiger partial charge >= 0.3 is 0 Å². The van der Waals surface area contributed by atoms with Crippen molar-refractivity contribution in [2.45, 2.75) is 13.2 Å². The first-order chi connectivity index (χ1) is 17.0. The van der Waals surface area contributed by atoms with Crippen LogP contribution in [0.3, 0.4) is 0 Å². The molecule has 0 saturated heterocycles. The van der Waals surface area contributed by atoms with Crippen LogP contribution in [-0.4, -0.2) is 28.9 Å². The zero-order chi connectivity index (χ0) is 24.5. The molecule has 0 atom stereocenters. The first-order valence-corrected chi connectivity index (χ1v) is 11.6. The second-order valence-corrected chi connectivity index (χ2v) is 8.92. The number of methoxy groups -OCH3 is 2. The summed E-state index contributed by atoms with van der Waals surface area (Å²) in [5, 5.41) is 14.4. The van der Waals surface area contributed by atoms with Gasteiger partial charge in [0.15, 0.2) is 5.75 Å². The van der Waals surface area contributed by atoms with E-state index in [0.717, 1.165) is 22.3 Å². The van der Waals surface area contributed by atoms with E-state index in [4.69, 9.17) is 37.4 Å². The summed E-state index contributed by atoms with van der Waals surface area (Å²) in [7, 11) is 3.23. The molecule has 0 radical (unpaired) electrons. The Hall–Kier alpha value is -3.61. The minimum Gasteiger partial charge on any atom is -0.497 e. The third kappa shape index (κ3) is 4.43. The lowest BCUT2D eigenvalue weighted by Crippen LogP contribution is -1.99. The van der Waals surface area contributed by atoms with Crippen molar-refractivity contribution in [2.75, 3.05) is 14.2 Å². The summed E-state index contributed by atoms with van der Waals surface area (Å²) >= 11 is 12.4. The number of pyridine rings is 1. The number of aromatic nitrogens is 2. The molecule has 0 aliphatic heterocycles. The molecule has 1 N–H and O–H groups in total. The highest BCUT2D eigenvalue weighted by Crippen LogP contribution is 2.46. The first-order valence-electron chi connectivity index (χ1n) is 10.9. The van der Waals surface area contributed by atoms with Gasteiger partial charge in [0.2, 0.25) is 5.88 Å². The highest BCUT2D eigenvalue weighted by atomic mass is 35.5. The van der Waals surface area contributed by atoms with Crippen LogP contribution >= 0.6 is 23.2 Å². The highest BCUT2D eigenvalue weighted by molar-refractivity contribution is 6.34. The quantitative estimate of drug-likeness (QED) is 0.260. The standard InChI is InChI=1S/C27H22Cl2N2O4/c1-33-20-7-5-16(6-8-20)15-35-26-23-22(25(34-2)21-4-3-9-30-24(21)26)14-31(27(23)32)13-17-10-18(28)12-19(29)11-17/h3-12,14,32H,13,15H2,1-2H3. The Morgan fingerprint density at radius 1 is 0.886 bits per heavy atom. The van der Waals surface area contributed by atoms with E-state index in [-0.39, 0.29) is 12.5 Å². The topological polar surface area (TPSA) is 65.7 Å². The molecule has 0 fully saturated rings. The molecule has 0 saturated carbocycles. The van der Waals surface area contributed by atoms with Gasteiger partial charge in [-0.2, -0.15) is 0 Å². The summed E-state index contributed by atoms with van der Waals surface area (Å²) in [5.74, 6) is 1.89. The Morgan fingerprint density at radius 2 is 1.63 bits per heavy atom. The maximum atomic E-state index is 11.3. The van der Waals surface area contributed by atoms with Crippen molar-refractivity contribution >= 4 is 44.9 Å². The lowest BCUT2D eigenvalue weighted by molar-refractivity contribution is 0.311. The SMILES string of the molecule is COc1ccc(COc2c3ncccc3c(OC)c3cn(Cc4cc(Cl)cc(Cl)c4)c(O)c23)cc1. The molecule has 0 amide bonds. The molecule has 6 nitrogen and oxygen atoms in total. The Bertz CT molecular complexity index is 1510. The predicted molar refractivity (Wildman–Crippen MR) is 138 cm³/mol. The van der Waals surface area contributed by atoms with E-state index in [0.29, 0.717) is 44.4 Å². The number of ether oxygens (including phenoxy) is 3. The summed E-state index contributed by atoms with van der Waals surface area (Å²) in [6, 6.07) is 16.7. The summed E-state index contributed by atoms with van der Waals surface area (Å²) in [6.45, 7) is 0.636. The summed E-state index contributed by atoms with van der Waals surface area (Å²) in [6.07, 6.45) is 3.53. The number of rotatable bonds is 7. The smallest absolute Gasteiger partial charge is 0.203 e. The van der Waals surface area contributed by atoms with Crippen LogP contribution in [0.15, 0.2) is 67.0 Å². The Kier molecular flexibility index (Phi) is 6.32. The number of benzene rings is 3.